The molecule has 1 aliphatic rings. The number of aliphatic imine (C=N–C) groups is 1. The van der Waals surface area contributed by atoms with Crippen molar-refractivity contribution in [3.63, 3.8) is 0 Å². The van der Waals surface area contributed by atoms with Crippen molar-refractivity contribution in [2.24, 2.45) is 4.99 Å². The van der Waals surface area contributed by atoms with E-state index < -0.39 is 5.97 Å². The minimum Gasteiger partial charge on any atom is -0.482 e. The zero-order valence-corrected chi connectivity index (χ0v) is 10.3. The summed E-state index contributed by atoms with van der Waals surface area (Å²) in [6, 6.07) is 1.74. The molecule has 7 nitrogen and oxygen atoms in total. The van der Waals surface area contributed by atoms with Crippen LogP contribution in [-0.4, -0.2) is 32.7 Å². The van der Waals surface area contributed by atoms with Crippen LogP contribution in [0.3, 0.4) is 0 Å². The van der Waals surface area contributed by atoms with Crippen molar-refractivity contribution in [1.29, 1.82) is 5.26 Å². The molecule has 0 unspecified atom stereocenters. The standard InChI is InChI=1S/C11H13N3O4/c1-4-18-11(15)7(6-12)10-13-8(16-2)5-9(14-10)17-3/h5,13H,4H2,1-3H3/b10-7-. The van der Waals surface area contributed by atoms with E-state index in [2.05, 4.69) is 10.3 Å². The van der Waals surface area contributed by atoms with Crippen molar-refractivity contribution in [3.05, 3.63) is 23.4 Å². The van der Waals surface area contributed by atoms with E-state index in [1.165, 1.54) is 20.3 Å². The molecule has 0 atom stereocenters. The van der Waals surface area contributed by atoms with Crippen LogP contribution in [0.5, 0.6) is 0 Å². The highest BCUT2D eigenvalue weighted by atomic mass is 16.5. The molecule has 0 fully saturated rings. The first-order valence-corrected chi connectivity index (χ1v) is 5.13. The van der Waals surface area contributed by atoms with Gasteiger partial charge in [0.25, 0.3) is 0 Å². The predicted molar refractivity (Wildman–Crippen MR) is 61.9 cm³/mol. The molecule has 0 spiro atoms. The molecule has 1 aliphatic heterocycles. The fourth-order valence-corrected chi connectivity index (χ4v) is 1.17. The Kier molecular flexibility index (Phi) is 4.75. The van der Waals surface area contributed by atoms with Gasteiger partial charge in [-0.25, -0.2) is 4.79 Å². The molecule has 0 bridgehead atoms. The van der Waals surface area contributed by atoms with Crippen molar-refractivity contribution in [2.45, 2.75) is 6.92 Å². The molecule has 0 saturated heterocycles. The zero-order valence-electron chi connectivity index (χ0n) is 10.3. The normalized spacial score (nSPS) is 16.6. The number of carbonyl (C=O) groups excluding carboxylic acids is 1. The topological polar surface area (TPSA) is 92.9 Å². The molecule has 0 amide bonds. The minimum atomic E-state index is -0.751. The summed E-state index contributed by atoms with van der Waals surface area (Å²) in [6.07, 6.45) is 1.49. The van der Waals surface area contributed by atoms with Gasteiger partial charge in [-0.1, -0.05) is 0 Å². The molecular weight excluding hydrogens is 238 g/mol. The quantitative estimate of drug-likeness (QED) is 0.444. The van der Waals surface area contributed by atoms with Crippen molar-refractivity contribution < 1.29 is 19.0 Å². The number of rotatable bonds is 3. The highest BCUT2D eigenvalue weighted by Gasteiger charge is 2.21. The minimum absolute atomic E-state index is 0.0344. The number of hydrogen-bond donors (Lipinski definition) is 1. The van der Waals surface area contributed by atoms with E-state index in [1.54, 1.807) is 13.0 Å². The Hall–Kier alpha value is -2.49. The summed E-state index contributed by atoms with van der Waals surface area (Å²) in [5.41, 5.74) is -0.242. The van der Waals surface area contributed by atoms with Gasteiger partial charge in [0.05, 0.1) is 26.9 Å². The number of carbonyl (C=O) groups is 1. The molecule has 1 rings (SSSR count). The Bertz CT molecular complexity index is 471. The largest absolute Gasteiger partial charge is 0.482 e. The summed E-state index contributed by atoms with van der Waals surface area (Å²) < 4.78 is 14.7. The lowest BCUT2D eigenvalue weighted by molar-refractivity contribution is -0.138. The Morgan fingerprint density at radius 2 is 2.22 bits per heavy atom. The summed E-state index contributed by atoms with van der Waals surface area (Å²) in [6.45, 7) is 1.82. The van der Waals surface area contributed by atoms with Gasteiger partial charge >= 0.3 is 5.97 Å². The van der Waals surface area contributed by atoms with E-state index in [0.29, 0.717) is 5.88 Å². The van der Waals surface area contributed by atoms with Gasteiger partial charge in [-0.3, -0.25) is 0 Å². The lowest BCUT2D eigenvalue weighted by Gasteiger charge is -2.16. The van der Waals surface area contributed by atoms with Gasteiger partial charge in [0.2, 0.25) is 5.90 Å². The van der Waals surface area contributed by atoms with E-state index in [-0.39, 0.29) is 23.9 Å². The van der Waals surface area contributed by atoms with Gasteiger partial charge in [0, 0.05) is 0 Å². The number of nitrogens with one attached hydrogen (secondary N) is 1. The SMILES string of the molecule is CCOC(=O)/C(C#N)=C1\N=C(OC)C=C(OC)N1. The van der Waals surface area contributed by atoms with Crippen LogP contribution < -0.4 is 5.32 Å². The third kappa shape index (κ3) is 3.01. The van der Waals surface area contributed by atoms with Gasteiger partial charge in [0.15, 0.2) is 17.3 Å². The second-order valence-electron chi connectivity index (χ2n) is 3.05. The Labute approximate surface area is 104 Å². The molecule has 0 aliphatic carbocycles. The van der Waals surface area contributed by atoms with Crippen molar-refractivity contribution >= 4 is 11.9 Å². The number of ether oxygens (including phenoxy) is 3. The average molecular weight is 251 g/mol. The third-order valence-corrected chi connectivity index (χ3v) is 1.98. The summed E-state index contributed by atoms with van der Waals surface area (Å²) in [5, 5.41) is 11.7. The lowest BCUT2D eigenvalue weighted by Crippen LogP contribution is -2.24. The number of methoxy groups -OCH3 is 2. The van der Waals surface area contributed by atoms with Gasteiger partial charge in [-0.15, -0.1) is 0 Å². The lowest BCUT2D eigenvalue weighted by atomic mass is 10.3. The van der Waals surface area contributed by atoms with E-state index in [0.717, 1.165) is 0 Å². The van der Waals surface area contributed by atoms with Crippen LogP contribution >= 0.6 is 0 Å². The Balaban J connectivity index is 3.14. The Morgan fingerprint density at radius 1 is 1.50 bits per heavy atom. The first-order valence-electron chi connectivity index (χ1n) is 5.13. The van der Waals surface area contributed by atoms with E-state index in [1.807, 2.05) is 0 Å². The van der Waals surface area contributed by atoms with Gasteiger partial charge in [0.1, 0.15) is 6.07 Å². The number of nitrogens with zero attached hydrogens (tertiary/aromatic N) is 2. The van der Waals surface area contributed by atoms with Crippen LogP contribution in [0.25, 0.3) is 0 Å². The molecule has 18 heavy (non-hydrogen) atoms. The molecule has 0 aromatic rings. The maximum atomic E-state index is 11.6. The smallest absolute Gasteiger partial charge is 0.352 e. The first kappa shape index (κ1) is 13.6. The molecule has 0 aromatic heterocycles. The highest BCUT2D eigenvalue weighted by Crippen LogP contribution is 2.13. The maximum absolute atomic E-state index is 11.6. The summed E-state index contributed by atoms with van der Waals surface area (Å²) in [4.78, 5) is 15.5. The first-order chi connectivity index (χ1) is 8.65. The molecule has 1 heterocycles. The number of nitriles is 1. The molecule has 96 valence electrons. The highest BCUT2D eigenvalue weighted by molar-refractivity contribution is 5.96. The monoisotopic (exact) mass is 251 g/mol. The number of esters is 1. The predicted octanol–water partition coefficient (Wildman–Crippen LogP) is 0.421. The molecular formula is C11H13N3O4. The van der Waals surface area contributed by atoms with Crippen LogP contribution in [-0.2, 0) is 19.0 Å². The zero-order chi connectivity index (χ0) is 13.5. The average Bonchev–Trinajstić information content (AvgIpc) is 2.39. The van der Waals surface area contributed by atoms with Gasteiger partial charge in [-0.05, 0) is 6.92 Å². The van der Waals surface area contributed by atoms with Crippen molar-refractivity contribution in [2.75, 3.05) is 20.8 Å². The Morgan fingerprint density at radius 3 is 2.72 bits per heavy atom. The van der Waals surface area contributed by atoms with Crippen molar-refractivity contribution in [1.82, 2.24) is 5.32 Å². The van der Waals surface area contributed by atoms with Crippen LogP contribution in [0, 0.1) is 11.3 Å². The number of hydrogen-bond acceptors (Lipinski definition) is 7. The van der Waals surface area contributed by atoms with Gasteiger partial charge < -0.3 is 19.5 Å². The second-order valence-corrected chi connectivity index (χ2v) is 3.05. The third-order valence-electron chi connectivity index (χ3n) is 1.98. The fraction of sp³-hybridized carbons (Fsp3) is 0.364. The van der Waals surface area contributed by atoms with Crippen LogP contribution in [0.15, 0.2) is 28.3 Å². The van der Waals surface area contributed by atoms with Crippen LogP contribution in [0.1, 0.15) is 6.92 Å². The van der Waals surface area contributed by atoms with E-state index >= 15 is 0 Å². The fourth-order valence-electron chi connectivity index (χ4n) is 1.17. The summed E-state index contributed by atoms with van der Waals surface area (Å²) in [5.74, 6) is -0.183. The molecule has 1 N–H and O–H groups in total. The van der Waals surface area contributed by atoms with Gasteiger partial charge in [-0.2, -0.15) is 10.3 Å². The summed E-state index contributed by atoms with van der Waals surface area (Å²) >= 11 is 0. The molecule has 0 saturated carbocycles. The van der Waals surface area contributed by atoms with E-state index in [4.69, 9.17) is 19.5 Å². The second kappa shape index (κ2) is 6.30. The molecule has 0 radical (unpaired) electrons. The van der Waals surface area contributed by atoms with E-state index in [9.17, 15) is 4.79 Å². The van der Waals surface area contributed by atoms with Crippen LogP contribution in [0.2, 0.25) is 0 Å². The summed E-state index contributed by atoms with van der Waals surface area (Å²) in [7, 11) is 2.85. The molecule has 7 heteroatoms. The van der Waals surface area contributed by atoms with Crippen LogP contribution in [0.4, 0.5) is 0 Å². The van der Waals surface area contributed by atoms with Crippen molar-refractivity contribution in [3.8, 4) is 6.07 Å². The molecule has 0 aromatic carbocycles. The maximum Gasteiger partial charge on any atom is 0.352 e.